The van der Waals surface area contributed by atoms with E-state index in [4.69, 9.17) is 4.74 Å². The molecular weight excluding hydrogens is 416 g/mol. The average Bonchev–Trinajstić information content (AvgIpc) is 3.27. The maximum atomic E-state index is 12.2. The summed E-state index contributed by atoms with van der Waals surface area (Å²) in [6.07, 6.45) is 1.46. The Kier molecular flexibility index (Phi) is 6.08. The molecule has 0 aliphatic rings. The zero-order chi connectivity index (χ0) is 21.6. The molecular formula is C21H18N6O3S. The number of nitrogens with one attached hydrogen (secondary N) is 1. The number of fused-ring (bicyclic) bond motifs is 1. The van der Waals surface area contributed by atoms with Crippen molar-refractivity contribution in [3.05, 3.63) is 66.2 Å². The van der Waals surface area contributed by atoms with Crippen molar-refractivity contribution < 1.29 is 14.6 Å². The topological polar surface area (TPSA) is 115 Å². The summed E-state index contributed by atoms with van der Waals surface area (Å²) in [5.41, 5.74) is 3.97. The summed E-state index contributed by atoms with van der Waals surface area (Å²) in [6, 6.07) is 18.6. The van der Waals surface area contributed by atoms with Gasteiger partial charge in [-0.05, 0) is 45.6 Å². The summed E-state index contributed by atoms with van der Waals surface area (Å²) in [6.45, 7) is 0. The van der Waals surface area contributed by atoms with E-state index in [0.717, 1.165) is 16.5 Å². The zero-order valence-corrected chi connectivity index (χ0v) is 17.3. The van der Waals surface area contributed by atoms with Gasteiger partial charge in [0, 0.05) is 5.39 Å². The van der Waals surface area contributed by atoms with E-state index in [1.54, 1.807) is 16.8 Å². The molecule has 10 heteroatoms. The van der Waals surface area contributed by atoms with Crippen LogP contribution < -0.4 is 10.2 Å². The van der Waals surface area contributed by atoms with Crippen LogP contribution in [-0.4, -0.2) is 50.3 Å². The van der Waals surface area contributed by atoms with Gasteiger partial charge in [0.05, 0.1) is 24.8 Å². The average molecular weight is 434 g/mol. The van der Waals surface area contributed by atoms with E-state index >= 15 is 0 Å². The molecule has 4 aromatic rings. The first-order valence-corrected chi connectivity index (χ1v) is 10.2. The molecule has 0 radical (unpaired) electrons. The smallest absolute Gasteiger partial charge is 0.250 e. The molecule has 0 spiro atoms. The highest BCUT2D eigenvalue weighted by Gasteiger charge is 2.13. The van der Waals surface area contributed by atoms with Gasteiger partial charge in [-0.15, -0.1) is 5.10 Å². The van der Waals surface area contributed by atoms with Gasteiger partial charge in [0.2, 0.25) is 5.16 Å². The number of thioether (sulfide) groups is 1. The molecule has 0 aliphatic carbocycles. The zero-order valence-electron chi connectivity index (χ0n) is 16.5. The summed E-state index contributed by atoms with van der Waals surface area (Å²) in [7, 11) is 1.46. The molecule has 156 valence electrons. The van der Waals surface area contributed by atoms with Crippen LogP contribution in [0.1, 0.15) is 5.56 Å². The van der Waals surface area contributed by atoms with Gasteiger partial charge in [0.25, 0.3) is 5.91 Å². The van der Waals surface area contributed by atoms with Crippen molar-refractivity contribution in [3.63, 3.8) is 0 Å². The van der Waals surface area contributed by atoms with Gasteiger partial charge < -0.3 is 9.84 Å². The third-order valence-electron chi connectivity index (χ3n) is 4.37. The Morgan fingerprint density at radius 2 is 2.06 bits per heavy atom. The first kappa shape index (κ1) is 20.4. The van der Waals surface area contributed by atoms with Crippen molar-refractivity contribution in [1.29, 1.82) is 0 Å². The molecule has 1 amide bonds. The molecule has 4 rings (SSSR count). The van der Waals surface area contributed by atoms with E-state index in [-0.39, 0.29) is 17.4 Å². The predicted molar refractivity (Wildman–Crippen MR) is 118 cm³/mol. The van der Waals surface area contributed by atoms with Gasteiger partial charge in [-0.1, -0.05) is 48.2 Å². The molecule has 0 saturated heterocycles. The molecule has 0 atom stereocenters. The Balaban J connectivity index is 1.40. The monoisotopic (exact) mass is 434 g/mol. The summed E-state index contributed by atoms with van der Waals surface area (Å²) in [5, 5.41) is 28.0. The summed E-state index contributed by atoms with van der Waals surface area (Å²) in [4.78, 5) is 12.2. The van der Waals surface area contributed by atoms with Crippen LogP contribution in [0.2, 0.25) is 0 Å². The van der Waals surface area contributed by atoms with Crippen LogP contribution in [0.15, 0.2) is 70.9 Å². The number of methoxy groups -OCH3 is 1. The van der Waals surface area contributed by atoms with Crippen molar-refractivity contribution in [2.45, 2.75) is 5.16 Å². The molecule has 0 unspecified atom stereocenters. The maximum Gasteiger partial charge on any atom is 0.250 e. The summed E-state index contributed by atoms with van der Waals surface area (Å²) in [5.74, 6) is 0.135. The van der Waals surface area contributed by atoms with E-state index in [2.05, 4.69) is 26.1 Å². The van der Waals surface area contributed by atoms with Crippen molar-refractivity contribution in [2.75, 3.05) is 12.9 Å². The Bertz CT molecular complexity index is 1250. The number of tetrazole rings is 1. The van der Waals surface area contributed by atoms with Gasteiger partial charge in [0.15, 0.2) is 11.5 Å². The lowest BCUT2D eigenvalue weighted by Crippen LogP contribution is -2.20. The van der Waals surface area contributed by atoms with Gasteiger partial charge in [-0.25, -0.2) is 5.43 Å². The van der Waals surface area contributed by atoms with Gasteiger partial charge in [-0.2, -0.15) is 9.78 Å². The van der Waals surface area contributed by atoms with Crippen LogP contribution in [0.5, 0.6) is 11.5 Å². The van der Waals surface area contributed by atoms with Crippen LogP contribution in [-0.2, 0) is 4.79 Å². The number of phenolic OH excluding ortho intramolecular Hbond substituents is 1. The lowest BCUT2D eigenvalue weighted by molar-refractivity contribution is -0.118. The number of hydrogen-bond acceptors (Lipinski definition) is 8. The number of phenols is 1. The summed E-state index contributed by atoms with van der Waals surface area (Å²) >= 11 is 1.21. The lowest BCUT2D eigenvalue weighted by Gasteiger charge is -2.07. The molecule has 2 N–H and O–H groups in total. The van der Waals surface area contributed by atoms with Crippen molar-refractivity contribution in [1.82, 2.24) is 25.6 Å². The fraction of sp³-hybridized carbons (Fsp3) is 0.0952. The van der Waals surface area contributed by atoms with Gasteiger partial charge >= 0.3 is 0 Å². The minimum Gasteiger partial charge on any atom is -0.504 e. The second-order valence-electron chi connectivity index (χ2n) is 6.38. The number of nitrogens with zero attached hydrogens (tertiary/aromatic N) is 5. The van der Waals surface area contributed by atoms with E-state index < -0.39 is 0 Å². The highest BCUT2D eigenvalue weighted by molar-refractivity contribution is 7.99. The highest BCUT2D eigenvalue weighted by Crippen LogP contribution is 2.26. The second-order valence-corrected chi connectivity index (χ2v) is 7.33. The van der Waals surface area contributed by atoms with Crippen LogP contribution >= 0.6 is 11.8 Å². The molecule has 0 fully saturated rings. The van der Waals surface area contributed by atoms with E-state index in [1.807, 2.05) is 42.5 Å². The number of aromatic nitrogens is 4. The highest BCUT2D eigenvalue weighted by atomic mass is 32.2. The van der Waals surface area contributed by atoms with Crippen molar-refractivity contribution in [3.8, 4) is 17.2 Å². The molecule has 31 heavy (non-hydrogen) atoms. The number of ether oxygens (including phenoxy) is 1. The van der Waals surface area contributed by atoms with Crippen LogP contribution in [0.25, 0.3) is 16.5 Å². The SMILES string of the molecule is COc1cc(C=NNC(=O)CSc2nnnn2-c2cccc3ccccc23)ccc1O. The Morgan fingerprint density at radius 1 is 1.23 bits per heavy atom. The normalized spacial score (nSPS) is 11.1. The third kappa shape index (κ3) is 4.64. The van der Waals surface area contributed by atoms with E-state index in [9.17, 15) is 9.90 Å². The predicted octanol–water partition coefficient (Wildman–Crippen LogP) is 2.77. The fourth-order valence-electron chi connectivity index (χ4n) is 2.93. The molecule has 1 aromatic heterocycles. The number of aromatic hydroxyl groups is 1. The molecule has 9 nitrogen and oxygen atoms in total. The first-order valence-electron chi connectivity index (χ1n) is 9.24. The standard InChI is InChI=1S/C21H18N6O3S/c1-30-19-11-14(9-10-18(19)28)12-22-23-20(29)13-31-21-24-25-26-27(21)17-8-4-6-15-5-2-3-7-16(15)17/h2-12,28H,13H2,1H3,(H,23,29). The third-order valence-corrected chi connectivity index (χ3v) is 5.29. The first-order chi connectivity index (χ1) is 15.2. The molecule has 0 bridgehead atoms. The maximum absolute atomic E-state index is 12.2. The number of rotatable bonds is 7. The minimum absolute atomic E-state index is 0.0315. The van der Waals surface area contributed by atoms with E-state index in [1.165, 1.54) is 31.2 Å². The number of amides is 1. The lowest BCUT2D eigenvalue weighted by atomic mass is 10.1. The van der Waals surface area contributed by atoms with Crippen molar-refractivity contribution >= 4 is 34.7 Å². The molecule has 0 aliphatic heterocycles. The molecule has 3 aromatic carbocycles. The second kappa shape index (κ2) is 9.26. The Morgan fingerprint density at radius 3 is 2.94 bits per heavy atom. The number of hydrazone groups is 1. The van der Waals surface area contributed by atoms with E-state index in [0.29, 0.717) is 16.5 Å². The van der Waals surface area contributed by atoms with Crippen LogP contribution in [0.4, 0.5) is 0 Å². The quantitative estimate of drug-likeness (QED) is 0.261. The van der Waals surface area contributed by atoms with Crippen LogP contribution in [0.3, 0.4) is 0 Å². The molecule has 1 heterocycles. The van der Waals surface area contributed by atoms with Gasteiger partial charge in [-0.3, -0.25) is 4.79 Å². The largest absolute Gasteiger partial charge is 0.504 e. The van der Waals surface area contributed by atoms with Crippen LogP contribution in [0, 0.1) is 0 Å². The Hall–Kier alpha value is -3.92. The van der Waals surface area contributed by atoms with Gasteiger partial charge in [0.1, 0.15) is 0 Å². The summed E-state index contributed by atoms with van der Waals surface area (Å²) < 4.78 is 6.66. The number of carbonyl (C=O) groups is 1. The molecule has 0 saturated carbocycles. The minimum atomic E-state index is -0.306. The number of carbonyl (C=O) groups excluding carboxylic acids is 1. The fourth-order valence-corrected chi connectivity index (χ4v) is 3.60. The number of benzene rings is 3. The van der Waals surface area contributed by atoms with Crippen molar-refractivity contribution in [2.24, 2.45) is 5.10 Å². The number of hydrogen-bond donors (Lipinski definition) is 2. The Labute approximate surface area is 181 Å².